The Labute approximate surface area is 121 Å². The third-order valence-electron chi connectivity index (χ3n) is 2.87. The lowest BCUT2D eigenvalue weighted by atomic mass is 10.1. The van der Waals surface area contributed by atoms with Gasteiger partial charge in [0.15, 0.2) is 0 Å². The second-order valence-electron chi connectivity index (χ2n) is 4.48. The number of nitro benzene ring substituents is 1. The van der Waals surface area contributed by atoms with Crippen LogP contribution in [0.1, 0.15) is 12.5 Å². The summed E-state index contributed by atoms with van der Waals surface area (Å²) in [5.74, 6) is 0. The molecule has 0 radical (unpaired) electrons. The summed E-state index contributed by atoms with van der Waals surface area (Å²) in [4.78, 5) is 11.7. The van der Waals surface area contributed by atoms with Gasteiger partial charge in [0.25, 0.3) is 12.1 Å². The molecule has 0 aliphatic heterocycles. The zero-order chi connectivity index (χ0) is 15.8. The van der Waals surface area contributed by atoms with Crippen molar-refractivity contribution in [1.29, 1.82) is 0 Å². The van der Waals surface area contributed by atoms with Gasteiger partial charge in [0.1, 0.15) is 0 Å². The Bertz CT molecular complexity index is 472. The molecule has 21 heavy (non-hydrogen) atoms. The van der Waals surface area contributed by atoms with Crippen LogP contribution in [-0.4, -0.2) is 47.6 Å². The van der Waals surface area contributed by atoms with Crippen molar-refractivity contribution in [3.8, 4) is 0 Å². The number of hydrogen-bond acceptors (Lipinski definition) is 5. The number of anilines is 1. The fourth-order valence-electron chi connectivity index (χ4n) is 2.00. The van der Waals surface area contributed by atoms with E-state index in [9.17, 15) is 18.9 Å². The van der Waals surface area contributed by atoms with Crippen LogP contribution >= 0.6 is 0 Å². The molecule has 0 unspecified atom stereocenters. The van der Waals surface area contributed by atoms with Crippen LogP contribution in [0.4, 0.5) is 20.2 Å². The van der Waals surface area contributed by atoms with E-state index in [-0.39, 0.29) is 25.4 Å². The topological polar surface area (TPSA) is 78.6 Å². The molecule has 0 aliphatic rings. The molecular formula is C13H19F2N3O3. The smallest absolute Gasteiger partial charge is 0.269 e. The molecule has 0 amide bonds. The molecule has 1 aromatic carbocycles. The minimum Gasteiger partial charge on any atom is -0.395 e. The molecule has 0 heterocycles. The number of non-ortho nitro benzene ring substituents is 1. The Morgan fingerprint density at radius 3 is 2.71 bits per heavy atom. The van der Waals surface area contributed by atoms with E-state index in [0.29, 0.717) is 17.8 Å². The van der Waals surface area contributed by atoms with E-state index in [2.05, 4.69) is 5.32 Å². The first-order valence-corrected chi connectivity index (χ1v) is 6.60. The standard InChI is InChI=1S/C13H19F2N3O3/c1-2-16-12-4-3-11(18(20)21)7-10(12)8-17(5-6-19)9-13(14)15/h3-4,7,13,16,19H,2,5-6,8-9H2,1H3. The molecule has 0 fully saturated rings. The van der Waals surface area contributed by atoms with E-state index in [0.717, 1.165) is 0 Å². The van der Waals surface area contributed by atoms with Gasteiger partial charge >= 0.3 is 0 Å². The van der Waals surface area contributed by atoms with Crippen LogP contribution in [0.3, 0.4) is 0 Å². The first kappa shape index (κ1) is 17.3. The lowest BCUT2D eigenvalue weighted by molar-refractivity contribution is -0.384. The van der Waals surface area contributed by atoms with Crippen LogP contribution in [-0.2, 0) is 6.54 Å². The van der Waals surface area contributed by atoms with E-state index in [4.69, 9.17) is 5.11 Å². The fourth-order valence-corrected chi connectivity index (χ4v) is 2.00. The highest BCUT2D eigenvalue weighted by Gasteiger charge is 2.16. The van der Waals surface area contributed by atoms with Gasteiger partial charge in [-0.2, -0.15) is 0 Å². The van der Waals surface area contributed by atoms with E-state index in [1.54, 1.807) is 6.07 Å². The molecule has 8 heteroatoms. The second kappa shape index (κ2) is 8.48. The molecule has 0 saturated heterocycles. The van der Waals surface area contributed by atoms with E-state index in [1.165, 1.54) is 17.0 Å². The number of hydrogen-bond donors (Lipinski definition) is 2. The van der Waals surface area contributed by atoms with E-state index >= 15 is 0 Å². The Kier molecular flexibility index (Phi) is 6.97. The summed E-state index contributed by atoms with van der Waals surface area (Å²) in [7, 11) is 0. The summed E-state index contributed by atoms with van der Waals surface area (Å²) in [5.41, 5.74) is 1.13. The first-order valence-electron chi connectivity index (χ1n) is 6.60. The molecule has 1 rings (SSSR count). The summed E-state index contributed by atoms with van der Waals surface area (Å²) in [6.45, 7) is 1.93. The minimum atomic E-state index is -2.53. The van der Waals surface area contributed by atoms with Crippen LogP contribution in [0, 0.1) is 10.1 Å². The maximum Gasteiger partial charge on any atom is 0.269 e. The molecule has 0 aliphatic carbocycles. The Balaban J connectivity index is 2.99. The number of halogens is 2. The van der Waals surface area contributed by atoms with Crippen LogP contribution in [0.15, 0.2) is 18.2 Å². The predicted octanol–water partition coefficient (Wildman–Crippen LogP) is 2.09. The van der Waals surface area contributed by atoms with Gasteiger partial charge in [0.2, 0.25) is 0 Å². The van der Waals surface area contributed by atoms with Crippen LogP contribution in [0.25, 0.3) is 0 Å². The van der Waals surface area contributed by atoms with Gasteiger partial charge in [-0.25, -0.2) is 8.78 Å². The number of nitrogens with zero attached hydrogens (tertiary/aromatic N) is 2. The first-order chi connectivity index (χ1) is 9.97. The highest BCUT2D eigenvalue weighted by atomic mass is 19.3. The molecule has 0 bridgehead atoms. The average Bonchev–Trinajstić information content (AvgIpc) is 2.40. The van der Waals surface area contributed by atoms with Gasteiger partial charge in [-0.15, -0.1) is 0 Å². The summed E-state index contributed by atoms with van der Waals surface area (Å²) in [5, 5.41) is 22.8. The average molecular weight is 303 g/mol. The molecule has 0 saturated carbocycles. The zero-order valence-corrected chi connectivity index (χ0v) is 11.8. The predicted molar refractivity (Wildman–Crippen MR) is 75.6 cm³/mol. The van der Waals surface area contributed by atoms with Crippen molar-refractivity contribution in [2.45, 2.75) is 19.9 Å². The van der Waals surface area contributed by atoms with Crippen molar-refractivity contribution in [2.75, 3.05) is 31.6 Å². The third-order valence-corrected chi connectivity index (χ3v) is 2.87. The monoisotopic (exact) mass is 303 g/mol. The molecule has 6 nitrogen and oxygen atoms in total. The van der Waals surface area contributed by atoms with Crippen molar-refractivity contribution in [1.82, 2.24) is 4.90 Å². The van der Waals surface area contributed by atoms with Crippen molar-refractivity contribution in [3.05, 3.63) is 33.9 Å². The highest BCUT2D eigenvalue weighted by Crippen LogP contribution is 2.23. The summed E-state index contributed by atoms with van der Waals surface area (Å²) < 4.78 is 25.0. The molecule has 2 N–H and O–H groups in total. The van der Waals surface area contributed by atoms with E-state index in [1.807, 2.05) is 6.92 Å². The molecule has 1 aromatic rings. The number of aliphatic hydroxyl groups excluding tert-OH is 1. The molecule has 0 aromatic heterocycles. The highest BCUT2D eigenvalue weighted by molar-refractivity contribution is 5.56. The minimum absolute atomic E-state index is 0.0819. The number of nitro groups is 1. The Hall–Kier alpha value is -1.80. The van der Waals surface area contributed by atoms with Crippen molar-refractivity contribution >= 4 is 11.4 Å². The lowest BCUT2D eigenvalue weighted by Gasteiger charge is -2.22. The number of benzene rings is 1. The van der Waals surface area contributed by atoms with Crippen LogP contribution in [0.2, 0.25) is 0 Å². The van der Waals surface area contributed by atoms with Gasteiger partial charge in [0, 0.05) is 37.5 Å². The maximum atomic E-state index is 12.5. The quantitative estimate of drug-likeness (QED) is 0.539. The van der Waals surface area contributed by atoms with Crippen molar-refractivity contribution in [2.24, 2.45) is 0 Å². The summed E-state index contributed by atoms with van der Waals surface area (Å²) in [6.07, 6.45) is -2.53. The fraction of sp³-hybridized carbons (Fsp3) is 0.538. The number of aliphatic hydroxyl groups is 1. The number of nitrogens with one attached hydrogen (secondary N) is 1. The Morgan fingerprint density at radius 2 is 2.19 bits per heavy atom. The molecular weight excluding hydrogens is 284 g/mol. The summed E-state index contributed by atoms with van der Waals surface area (Å²) >= 11 is 0. The van der Waals surface area contributed by atoms with Crippen LogP contribution in [0.5, 0.6) is 0 Å². The SMILES string of the molecule is CCNc1ccc([N+](=O)[O-])cc1CN(CCO)CC(F)F. The van der Waals surface area contributed by atoms with Gasteiger partial charge in [0.05, 0.1) is 18.1 Å². The second-order valence-corrected chi connectivity index (χ2v) is 4.48. The number of alkyl halides is 2. The van der Waals surface area contributed by atoms with Gasteiger partial charge in [-0.1, -0.05) is 0 Å². The van der Waals surface area contributed by atoms with Gasteiger partial charge in [-0.3, -0.25) is 15.0 Å². The third kappa shape index (κ3) is 5.60. The summed E-state index contributed by atoms with van der Waals surface area (Å²) in [6, 6.07) is 4.30. The van der Waals surface area contributed by atoms with Crippen molar-refractivity contribution in [3.63, 3.8) is 0 Å². The number of rotatable bonds is 9. The Morgan fingerprint density at radius 1 is 1.48 bits per heavy atom. The van der Waals surface area contributed by atoms with Gasteiger partial charge in [-0.05, 0) is 18.6 Å². The van der Waals surface area contributed by atoms with E-state index < -0.39 is 17.9 Å². The molecule has 118 valence electrons. The lowest BCUT2D eigenvalue weighted by Crippen LogP contribution is -2.31. The van der Waals surface area contributed by atoms with Crippen molar-refractivity contribution < 1.29 is 18.8 Å². The maximum absolute atomic E-state index is 12.5. The molecule has 0 atom stereocenters. The largest absolute Gasteiger partial charge is 0.395 e. The normalized spacial score (nSPS) is 11.1. The zero-order valence-electron chi connectivity index (χ0n) is 11.8. The van der Waals surface area contributed by atoms with Crippen LogP contribution < -0.4 is 5.32 Å². The van der Waals surface area contributed by atoms with Gasteiger partial charge < -0.3 is 10.4 Å². The molecule has 0 spiro atoms.